The van der Waals surface area contributed by atoms with Gasteiger partial charge in [-0.05, 0) is 29.7 Å². The van der Waals surface area contributed by atoms with Crippen LogP contribution in [0.5, 0.6) is 0 Å². The van der Waals surface area contributed by atoms with Gasteiger partial charge in [-0.2, -0.15) is 9.97 Å². The second kappa shape index (κ2) is 7.06. The van der Waals surface area contributed by atoms with Gasteiger partial charge in [-0.1, -0.05) is 49.4 Å². The molecule has 122 valence electrons. The molecule has 0 unspecified atom stereocenters. The van der Waals surface area contributed by atoms with Gasteiger partial charge in [0.15, 0.2) is 0 Å². The summed E-state index contributed by atoms with van der Waals surface area (Å²) in [5.74, 6) is 5.96. The SMILES string of the molecule is C1=CC2=CC=C1C2.CCc1nc(NN)nc(=O)n1-c1ccccc1. The number of benzene rings is 1. The molecular weight excluding hydrogens is 302 g/mol. The summed E-state index contributed by atoms with van der Waals surface area (Å²) in [6.07, 6.45) is 10.5. The zero-order chi connectivity index (χ0) is 16.9. The van der Waals surface area contributed by atoms with Crippen LogP contribution in [0.25, 0.3) is 5.69 Å². The van der Waals surface area contributed by atoms with Gasteiger partial charge in [-0.15, -0.1) is 0 Å². The maximum atomic E-state index is 11.9. The van der Waals surface area contributed by atoms with Crippen LogP contribution < -0.4 is 17.0 Å². The van der Waals surface area contributed by atoms with Gasteiger partial charge >= 0.3 is 5.69 Å². The molecule has 1 heterocycles. The van der Waals surface area contributed by atoms with Crippen LogP contribution in [0, 0.1) is 0 Å². The highest BCUT2D eigenvalue weighted by molar-refractivity contribution is 5.49. The molecule has 1 aromatic carbocycles. The van der Waals surface area contributed by atoms with Gasteiger partial charge in [-0.25, -0.2) is 15.2 Å². The number of allylic oxidation sites excluding steroid dienone is 6. The highest BCUT2D eigenvalue weighted by Gasteiger charge is 2.09. The highest BCUT2D eigenvalue weighted by Crippen LogP contribution is 2.27. The first-order valence-electron chi connectivity index (χ1n) is 7.81. The smallest absolute Gasteiger partial charge is 0.292 e. The van der Waals surface area contributed by atoms with E-state index in [0.29, 0.717) is 12.2 Å². The number of nitrogens with one attached hydrogen (secondary N) is 1. The Labute approximate surface area is 140 Å². The summed E-state index contributed by atoms with van der Waals surface area (Å²) in [6.45, 7) is 1.92. The second-order valence-corrected chi connectivity index (χ2v) is 5.41. The van der Waals surface area contributed by atoms with E-state index in [1.807, 2.05) is 37.3 Å². The number of aromatic nitrogens is 3. The molecule has 0 saturated carbocycles. The van der Waals surface area contributed by atoms with Crippen LogP contribution in [-0.2, 0) is 6.42 Å². The van der Waals surface area contributed by atoms with E-state index < -0.39 is 5.69 Å². The lowest BCUT2D eigenvalue weighted by Crippen LogP contribution is -2.28. The minimum atomic E-state index is -0.393. The quantitative estimate of drug-likeness (QED) is 0.669. The number of fused-ring (bicyclic) bond motifs is 2. The lowest BCUT2D eigenvalue weighted by atomic mass is 10.3. The van der Waals surface area contributed by atoms with Crippen molar-refractivity contribution >= 4 is 5.95 Å². The zero-order valence-electron chi connectivity index (χ0n) is 13.4. The summed E-state index contributed by atoms with van der Waals surface area (Å²) in [5.41, 5.74) is 5.58. The first-order valence-corrected chi connectivity index (χ1v) is 7.81. The van der Waals surface area contributed by atoms with Crippen LogP contribution in [-0.4, -0.2) is 14.5 Å². The first kappa shape index (κ1) is 15.9. The average Bonchev–Trinajstić information content (AvgIpc) is 3.28. The number of nitrogens with zero attached hydrogens (tertiary/aromatic N) is 3. The number of anilines is 1. The fraction of sp³-hybridized carbons (Fsp3) is 0.167. The Bertz CT molecular complexity index is 858. The molecule has 3 N–H and O–H groups in total. The normalized spacial score (nSPS) is 13.9. The van der Waals surface area contributed by atoms with Crippen LogP contribution in [0.3, 0.4) is 0 Å². The summed E-state index contributed by atoms with van der Waals surface area (Å²) in [7, 11) is 0. The maximum Gasteiger partial charge on any atom is 0.356 e. The Morgan fingerprint density at radius 3 is 2.25 bits per heavy atom. The third-order valence-electron chi connectivity index (χ3n) is 3.78. The van der Waals surface area contributed by atoms with Crippen LogP contribution in [0.4, 0.5) is 5.95 Å². The van der Waals surface area contributed by atoms with Gasteiger partial charge in [0.2, 0.25) is 5.95 Å². The number of hydrazine groups is 1. The number of rotatable bonds is 3. The van der Waals surface area contributed by atoms with Crippen LogP contribution in [0.1, 0.15) is 19.2 Å². The standard InChI is InChI=1S/C11H13N5O.C7H6/c1-2-9-13-10(15-12)14-11(17)16(9)8-6-4-3-5-7-8;1-2-7-4-3-6(1)5-7/h3-7H,2,12H2,1H3,(H,14,15,17);1-4H,5H2. The fourth-order valence-corrected chi connectivity index (χ4v) is 2.60. The van der Waals surface area contributed by atoms with E-state index in [2.05, 4.69) is 39.7 Å². The van der Waals surface area contributed by atoms with Crippen molar-refractivity contribution < 1.29 is 0 Å². The topological polar surface area (TPSA) is 85.8 Å². The molecule has 2 aliphatic rings. The van der Waals surface area contributed by atoms with E-state index in [9.17, 15) is 4.79 Å². The Morgan fingerprint density at radius 2 is 1.79 bits per heavy atom. The van der Waals surface area contributed by atoms with E-state index in [0.717, 1.165) is 5.69 Å². The largest absolute Gasteiger partial charge is 0.356 e. The molecular formula is C18H19N5O. The van der Waals surface area contributed by atoms with Crippen molar-refractivity contribution in [3.8, 4) is 5.69 Å². The lowest BCUT2D eigenvalue weighted by molar-refractivity contribution is 0.770. The molecule has 0 atom stereocenters. The van der Waals surface area contributed by atoms with Gasteiger partial charge in [0, 0.05) is 6.42 Å². The van der Waals surface area contributed by atoms with E-state index in [1.165, 1.54) is 22.1 Å². The third-order valence-corrected chi connectivity index (χ3v) is 3.78. The monoisotopic (exact) mass is 321 g/mol. The first-order chi connectivity index (χ1) is 11.7. The number of aryl methyl sites for hydroxylation is 1. The Morgan fingerprint density at radius 1 is 1.12 bits per heavy atom. The van der Waals surface area contributed by atoms with Crippen molar-refractivity contribution in [3.05, 3.63) is 82.1 Å². The number of hydrogen-bond acceptors (Lipinski definition) is 5. The number of nitrogen functional groups attached to an aromatic ring is 1. The number of hydrogen-bond donors (Lipinski definition) is 2. The molecule has 2 aliphatic carbocycles. The minimum Gasteiger partial charge on any atom is -0.292 e. The highest BCUT2D eigenvalue weighted by atomic mass is 16.1. The predicted molar refractivity (Wildman–Crippen MR) is 94.7 cm³/mol. The van der Waals surface area contributed by atoms with Crippen molar-refractivity contribution in [2.24, 2.45) is 5.84 Å². The van der Waals surface area contributed by atoms with E-state index >= 15 is 0 Å². The molecule has 2 bridgehead atoms. The molecule has 6 heteroatoms. The van der Waals surface area contributed by atoms with Crippen molar-refractivity contribution in [2.75, 3.05) is 5.43 Å². The van der Waals surface area contributed by atoms with Gasteiger partial charge in [0.1, 0.15) is 5.82 Å². The molecule has 0 saturated heterocycles. The summed E-state index contributed by atoms with van der Waals surface area (Å²) in [6, 6.07) is 9.27. The molecule has 0 spiro atoms. The molecule has 1 aromatic heterocycles. The summed E-state index contributed by atoms with van der Waals surface area (Å²) in [5, 5.41) is 0. The predicted octanol–water partition coefficient (Wildman–Crippen LogP) is 2.29. The summed E-state index contributed by atoms with van der Waals surface area (Å²) < 4.78 is 1.47. The molecule has 4 rings (SSSR count). The Kier molecular flexibility index (Phi) is 4.67. The van der Waals surface area contributed by atoms with Gasteiger partial charge in [0.05, 0.1) is 5.69 Å². The van der Waals surface area contributed by atoms with E-state index in [1.54, 1.807) is 0 Å². The Balaban J connectivity index is 0.000000198. The molecule has 24 heavy (non-hydrogen) atoms. The van der Waals surface area contributed by atoms with Crippen LogP contribution in [0.2, 0.25) is 0 Å². The fourth-order valence-electron chi connectivity index (χ4n) is 2.60. The molecule has 0 aliphatic heterocycles. The number of para-hydroxylation sites is 1. The summed E-state index contributed by atoms with van der Waals surface area (Å²) in [4.78, 5) is 19.8. The number of nitrogens with two attached hydrogens (primary N) is 1. The summed E-state index contributed by atoms with van der Waals surface area (Å²) >= 11 is 0. The second-order valence-electron chi connectivity index (χ2n) is 5.41. The molecule has 6 nitrogen and oxygen atoms in total. The van der Waals surface area contributed by atoms with Crippen LogP contribution >= 0.6 is 0 Å². The van der Waals surface area contributed by atoms with Gasteiger partial charge in [0.25, 0.3) is 0 Å². The zero-order valence-corrected chi connectivity index (χ0v) is 13.4. The molecule has 0 fully saturated rings. The third kappa shape index (κ3) is 3.33. The van der Waals surface area contributed by atoms with Gasteiger partial charge < -0.3 is 0 Å². The van der Waals surface area contributed by atoms with Crippen molar-refractivity contribution in [1.29, 1.82) is 0 Å². The maximum absolute atomic E-state index is 11.9. The average molecular weight is 321 g/mol. The van der Waals surface area contributed by atoms with Crippen molar-refractivity contribution in [1.82, 2.24) is 14.5 Å². The van der Waals surface area contributed by atoms with Crippen LogP contribution in [0.15, 0.2) is 70.6 Å². The molecule has 0 amide bonds. The minimum absolute atomic E-state index is 0.138. The van der Waals surface area contributed by atoms with Crippen molar-refractivity contribution in [3.63, 3.8) is 0 Å². The molecule has 0 radical (unpaired) electrons. The van der Waals surface area contributed by atoms with E-state index in [4.69, 9.17) is 5.84 Å². The van der Waals surface area contributed by atoms with Gasteiger partial charge in [-0.3, -0.25) is 5.43 Å². The lowest BCUT2D eigenvalue weighted by Gasteiger charge is -2.10. The van der Waals surface area contributed by atoms with E-state index in [-0.39, 0.29) is 5.95 Å². The Hall–Kier alpha value is -2.99. The van der Waals surface area contributed by atoms with Crippen molar-refractivity contribution in [2.45, 2.75) is 19.8 Å². The molecule has 2 aromatic rings.